The number of ketones is 1. The van der Waals surface area contributed by atoms with Crippen molar-refractivity contribution in [3.8, 4) is 0 Å². The van der Waals surface area contributed by atoms with Crippen molar-refractivity contribution in [3.05, 3.63) is 59.7 Å². The highest BCUT2D eigenvalue weighted by molar-refractivity contribution is 7.90. The van der Waals surface area contributed by atoms with Crippen LogP contribution in [0.4, 0.5) is 11.4 Å². The number of carbonyl (C=O) groups excluding carboxylic acids is 1. The fourth-order valence-electron chi connectivity index (χ4n) is 5.32. The smallest absolute Gasteiger partial charge is 0.177 e. The zero-order valence-electron chi connectivity index (χ0n) is 22.3. The summed E-state index contributed by atoms with van der Waals surface area (Å²) >= 11 is 0. The Morgan fingerprint density at radius 1 is 1.03 bits per heavy atom. The van der Waals surface area contributed by atoms with E-state index in [-0.39, 0.29) is 10.7 Å². The minimum Gasteiger partial charge on any atom is -0.383 e. The first-order chi connectivity index (χ1) is 17.9. The highest BCUT2D eigenvalue weighted by Crippen LogP contribution is 2.35. The third-order valence-electron chi connectivity index (χ3n) is 7.44. The Bertz CT molecular complexity index is 1200. The van der Waals surface area contributed by atoms with Crippen molar-refractivity contribution in [1.29, 1.82) is 0 Å². The Hall–Kier alpha value is -2.64. The lowest BCUT2D eigenvalue weighted by Gasteiger charge is -2.31. The van der Waals surface area contributed by atoms with Gasteiger partial charge in [0.25, 0.3) is 0 Å². The Kier molecular flexibility index (Phi) is 9.43. The maximum absolute atomic E-state index is 13.3. The number of benzene rings is 2. The molecule has 200 valence electrons. The van der Waals surface area contributed by atoms with Crippen LogP contribution in [-0.2, 0) is 9.84 Å². The van der Waals surface area contributed by atoms with Crippen molar-refractivity contribution in [1.82, 2.24) is 4.90 Å². The number of nitrogens with one attached hydrogen (secondary N) is 1. The molecular weight excluding hydrogens is 482 g/mol. The van der Waals surface area contributed by atoms with Crippen LogP contribution in [0, 0.1) is 0 Å². The molecule has 0 unspecified atom stereocenters. The molecule has 1 N–H and O–H groups in total. The predicted molar refractivity (Wildman–Crippen MR) is 153 cm³/mol. The van der Waals surface area contributed by atoms with E-state index in [1.807, 2.05) is 24.3 Å². The number of hydrogen-bond donors (Lipinski definition) is 1. The third kappa shape index (κ3) is 7.23. The SMILES string of the molecule is CCCCCC(=O)c1cc(S(C)(=O)=O)c(N2CC=C(c3ccccc3)CC2)cc1NCCN1CCCC1. The maximum Gasteiger partial charge on any atom is 0.177 e. The molecule has 0 spiro atoms. The normalized spacial score (nSPS) is 16.6. The summed E-state index contributed by atoms with van der Waals surface area (Å²) in [6, 6.07) is 13.9. The fourth-order valence-corrected chi connectivity index (χ4v) is 6.22. The van der Waals surface area contributed by atoms with Crippen LogP contribution in [0.5, 0.6) is 0 Å². The molecule has 2 aromatic rings. The van der Waals surface area contributed by atoms with Crippen molar-refractivity contribution < 1.29 is 13.2 Å². The highest BCUT2D eigenvalue weighted by atomic mass is 32.2. The second-order valence-corrected chi connectivity index (χ2v) is 12.3. The van der Waals surface area contributed by atoms with Gasteiger partial charge >= 0.3 is 0 Å². The number of rotatable bonds is 12. The first-order valence-corrected chi connectivity index (χ1v) is 15.6. The molecule has 1 saturated heterocycles. The van der Waals surface area contributed by atoms with Crippen molar-refractivity contribution in [2.75, 3.05) is 55.7 Å². The van der Waals surface area contributed by atoms with Gasteiger partial charge in [-0.05, 0) is 62.0 Å². The molecule has 0 radical (unpaired) electrons. The Morgan fingerprint density at radius 2 is 1.78 bits per heavy atom. The Balaban J connectivity index is 1.64. The topological polar surface area (TPSA) is 69.7 Å². The first-order valence-electron chi connectivity index (χ1n) is 13.7. The van der Waals surface area contributed by atoms with Gasteiger partial charge in [-0.2, -0.15) is 0 Å². The average Bonchev–Trinajstić information content (AvgIpc) is 3.42. The van der Waals surface area contributed by atoms with Crippen molar-refractivity contribution >= 4 is 32.6 Å². The quantitative estimate of drug-likeness (QED) is 0.286. The van der Waals surface area contributed by atoms with Crippen LogP contribution in [0.3, 0.4) is 0 Å². The third-order valence-corrected chi connectivity index (χ3v) is 8.57. The molecule has 37 heavy (non-hydrogen) atoms. The number of likely N-dealkylation sites (tertiary alicyclic amines) is 1. The van der Waals surface area contributed by atoms with Crippen LogP contribution >= 0.6 is 0 Å². The summed E-state index contributed by atoms with van der Waals surface area (Å²) < 4.78 is 25.9. The maximum atomic E-state index is 13.3. The van der Waals surface area contributed by atoms with Crippen molar-refractivity contribution in [3.63, 3.8) is 0 Å². The molecule has 0 amide bonds. The van der Waals surface area contributed by atoms with Crippen LogP contribution in [0.2, 0.25) is 0 Å². The summed E-state index contributed by atoms with van der Waals surface area (Å²) in [5.74, 6) is 0.0125. The van der Waals surface area contributed by atoms with E-state index in [4.69, 9.17) is 0 Å². The summed E-state index contributed by atoms with van der Waals surface area (Å²) in [6.07, 6.45) is 10.0. The summed E-state index contributed by atoms with van der Waals surface area (Å²) in [5.41, 5.74) is 4.42. The monoisotopic (exact) mass is 523 g/mol. The van der Waals surface area contributed by atoms with Gasteiger partial charge in [-0.15, -0.1) is 0 Å². The number of anilines is 2. The van der Waals surface area contributed by atoms with Crippen molar-refractivity contribution in [2.45, 2.75) is 56.8 Å². The van der Waals surface area contributed by atoms with E-state index in [0.717, 1.165) is 64.1 Å². The van der Waals surface area contributed by atoms with E-state index in [1.165, 1.54) is 30.2 Å². The number of carbonyl (C=O) groups is 1. The molecular formula is C30H41N3O3S. The van der Waals surface area contributed by atoms with Crippen LogP contribution < -0.4 is 10.2 Å². The standard InChI is InChI=1S/C30H41N3O3S/c1-3-4-6-13-29(34)26-22-30(37(2,35)36)28(23-27(26)31-16-21-32-17-9-10-18-32)33-19-14-25(15-20-33)24-11-7-5-8-12-24/h5,7-8,11-12,14,22-23,31H,3-4,6,9-10,13,15-21H2,1-2H3. The highest BCUT2D eigenvalue weighted by Gasteiger charge is 2.25. The van der Waals surface area contributed by atoms with E-state index in [9.17, 15) is 13.2 Å². The molecule has 4 rings (SSSR count). The second-order valence-electron chi connectivity index (χ2n) is 10.3. The number of hydrogen-bond acceptors (Lipinski definition) is 6. The lowest BCUT2D eigenvalue weighted by atomic mass is 9.98. The number of unbranched alkanes of at least 4 members (excludes halogenated alkanes) is 2. The number of Topliss-reactive ketones (excluding diaryl/α,β-unsaturated/α-hetero) is 1. The molecule has 0 bridgehead atoms. The van der Waals surface area contributed by atoms with E-state index < -0.39 is 9.84 Å². The minimum absolute atomic E-state index is 0.0125. The molecule has 0 atom stereocenters. The molecule has 2 aliphatic rings. The summed E-state index contributed by atoms with van der Waals surface area (Å²) in [5, 5.41) is 3.50. The molecule has 0 saturated carbocycles. The Labute approximate surface area is 222 Å². The molecule has 0 aromatic heterocycles. The van der Waals surface area contributed by atoms with Crippen LogP contribution in [-0.4, -0.2) is 64.6 Å². The van der Waals surface area contributed by atoms with Gasteiger partial charge in [0.2, 0.25) is 0 Å². The minimum atomic E-state index is -3.53. The van der Waals surface area contributed by atoms with Crippen LogP contribution in [0.1, 0.15) is 67.8 Å². The van der Waals surface area contributed by atoms with Gasteiger partial charge in [0.15, 0.2) is 15.6 Å². The van der Waals surface area contributed by atoms with Gasteiger partial charge in [0.05, 0.1) is 10.6 Å². The van der Waals surface area contributed by atoms with Gasteiger partial charge in [-0.1, -0.05) is 56.2 Å². The summed E-state index contributed by atoms with van der Waals surface area (Å²) in [6.45, 7) is 7.34. The molecule has 1 fully saturated rings. The summed E-state index contributed by atoms with van der Waals surface area (Å²) in [4.78, 5) is 18.1. The van der Waals surface area contributed by atoms with E-state index >= 15 is 0 Å². The van der Waals surface area contributed by atoms with Gasteiger partial charge in [-0.25, -0.2) is 8.42 Å². The molecule has 2 aromatic carbocycles. The van der Waals surface area contributed by atoms with Crippen molar-refractivity contribution in [2.24, 2.45) is 0 Å². The van der Waals surface area contributed by atoms with E-state index in [2.05, 4.69) is 40.2 Å². The fraction of sp³-hybridized carbons (Fsp3) is 0.500. The van der Waals surface area contributed by atoms with Crippen LogP contribution in [0.15, 0.2) is 53.4 Å². The molecule has 2 heterocycles. The average molecular weight is 524 g/mol. The first kappa shape index (κ1) is 27.4. The Morgan fingerprint density at radius 3 is 2.43 bits per heavy atom. The molecule has 6 nitrogen and oxygen atoms in total. The lowest BCUT2D eigenvalue weighted by molar-refractivity contribution is 0.0980. The van der Waals surface area contributed by atoms with Gasteiger partial charge in [0.1, 0.15) is 0 Å². The van der Waals surface area contributed by atoms with Gasteiger partial charge in [0, 0.05) is 50.1 Å². The van der Waals surface area contributed by atoms with Gasteiger partial charge < -0.3 is 15.1 Å². The predicted octanol–water partition coefficient (Wildman–Crippen LogP) is 5.65. The molecule has 2 aliphatic heterocycles. The molecule has 7 heteroatoms. The van der Waals surface area contributed by atoms with Gasteiger partial charge in [-0.3, -0.25) is 4.79 Å². The largest absolute Gasteiger partial charge is 0.383 e. The lowest BCUT2D eigenvalue weighted by Crippen LogP contribution is -2.30. The number of nitrogens with zero attached hydrogens (tertiary/aromatic N) is 2. The zero-order chi connectivity index (χ0) is 26.3. The number of sulfone groups is 1. The second kappa shape index (κ2) is 12.7. The van der Waals surface area contributed by atoms with E-state index in [1.54, 1.807) is 6.07 Å². The molecule has 0 aliphatic carbocycles. The zero-order valence-corrected chi connectivity index (χ0v) is 23.2. The summed E-state index contributed by atoms with van der Waals surface area (Å²) in [7, 11) is -3.53. The van der Waals surface area contributed by atoms with E-state index in [0.29, 0.717) is 24.2 Å². The van der Waals surface area contributed by atoms with Crippen LogP contribution in [0.25, 0.3) is 5.57 Å².